The smallest absolute Gasteiger partial charge is 0.462 e. The summed E-state index contributed by atoms with van der Waals surface area (Å²) < 4.78 is 68.5. The highest BCUT2D eigenvalue weighted by atomic mass is 31.2. The Hall–Kier alpha value is -1.94. The molecule has 0 amide bonds. The van der Waals surface area contributed by atoms with Gasteiger partial charge < -0.3 is 33.8 Å². The highest BCUT2D eigenvalue weighted by Crippen LogP contribution is 2.45. The molecule has 5 atom stereocenters. The molecule has 0 spiro atoms. The third-order valence-corrected chi connectivity index (χ3v) is 20.1. The molecule has 0 radical (unpaired) electrons. The van der Waals surface area contributed by atoms with Gasteiger partial charge in [-0.2, -0.15) is 0 Å². The van der Waals surface area contributed by atoms with Crippen molar-refractivity contribution in [3.63, 3.8) is 0 Å². The topological polar surface area (TPSA) is 237 Å². The van der Waals surface area contributed by atoms with Gasteiger partial charge in [0.2, 0.25) is 0 Å². The summed E-state index contributed by atoms with van der Waals surface area (Å²) in [6.45, 7) is 9.64. The van der Waals surface area contributed by atoms with Gasteiger partial charge in [-0.3, -0.25) is 37.3 Å². The van der Waals surface area contributed by atoms with Crippen molar-refractivity contribution in [1.82, 2.24) is 0 Å². The van der Waals surface area contributed by atoms with Crippen molar-refractivity contribution in [2.45, 2.75) is 426 Å². The van der Waals surface area contributed by atoms with Gasteiger partial charge in [-0.25, -0.2) is 9.13 Å². The molecular formula is C78H152O17P2. The second kappa shape index (κ2) is 69.8. The van der Waals surface area contributed by atoms with Crippen LogP contribution < -0.4 is 0 Å². The fourth-order valence-electron chi connectivity index (χ4n) is 12.0. The molecule has 0 aliphatic carbocycles. The molecule has 0 aromatic rings. The first-order valence-electron chi connectivity index (χ1n) is 40.5. The predicted octanol–water partition coefficient (Wildman–Crippen LogP) is 23.1. The quantitative estimate of drug-likeness (QED) is 0.0222. The van der Waals surface area contributed by atoms with Gasteiger partial charge in [-0.1, -0.05) is 356 Å². The predicted molar refractivity (Wildman–Crippen MR) is 395 cm³/mol. The van der Waals surface area contributed by atoms with Crippen LogP contribution in [0, 0.1) is 11.8 Å². The Morgan fingerprint density at radius 3 is 0.701 bits per heavy atom. The van der Waals surface area contributed by atoms with E-state index in [-0.39, 0.29) is 25.7 Å². The summed E-state index contributed by atoms with van der Waals surface area (Å²) in [4.78, 5) is 72.7. The van der Waals surface area contributed by atoms with Crippen LogP contribution in [0.2, 0.25) is 0 Å². The first kappa shape index (κ1) is 95.1. The van der Waals surface area contributed by atoms with Crippen LogP contribution in [0.5, 0.6) is 0 Å². The maximum Gasteiger partial charge on any atom is 0.472 e. The minimum absolute atomic E-state index is 0.106. The molecule has 0 heterocycles. The van der Waals surface area contributed by atoms with E-state index >= 15 is 0 Å². The Bertz CT molecular complexity index is 1870. The average Bonchev–Trinajstić information content (AvgIpc) is 1.14. The van der Waals surface area contributed by atoms with E-state index in [1.807, 2.05) is 0 Å². The van der Waals surface area contributed by atoms with Crippen LogP contribution in [0.15, 0.2) is 0 Å². The summed E-state index contributed by atoms with van der Waals surface area (Å²) in [5, 5.41) is 10.6. The number of esters is 4. The van der Waals surface area contributed by atoms with Crippen molar-refractivity contribution in [2.24, 2.45) is 11.8 Å². The van der Waals surface area contributed by atoms with Gasteiger partial charge in [0.25, 0.3) is 0 Å². The lowest BCUT2D eigenvalue weighted by molar-refractivity contribution is -0.161. The van der Waals surface area contributed by atoms with Crippen LogP contribution in [-0.4, -0.2) is 96.7 Å². The largest absolute Gasteiger partial charge is 0.472 e. The van der Waals surface area contributed by atoms with Gasteiger partial charge >= 0.3 is 39.5 Å². The molecule has 0 aliphatic rings. The molecule has 3 N–H and O–H groups in total. The zero-order valence-electron chi connectivity index (χ0n) is 63.4. The number of carbonyl (C=O) groups excluding carboxylic acids is 4. The van der Waals surface area contributed by atoms with E-state index in [2.05, 4.69) is 41.5 Å². The van der Waals surface area contributed by atoms with E-state index in [1.54, 1.807) is 0 Å². The summed E-state index contributed by atoms with van der Waals surface area (Å²) in [6.07, 6.45) is 58.4. The molecule has 0 aliphatic heterocycles. The van der Waals surface area contributed by atoms with Crippen LogP contribution in [-0.2, 0) is 65.4 Å². The molecule has 576 valence electrons. The van der Waals surface area contributed by atoms with Crippen molar-refractivity contribution >= 4 is 39.5 Å². The monoisotopic (exact) mass is 1420 g/mol. The van der Waals surface area contributed by atoms with Crippen LogP contribution in [0.25, 0.3) is 0 Å². The van der Waals surface area contributed by atoms with Crippen LogP contribution in [0.4, 0.5) is 0 Å². The summed E-state index contributed by atoms with van der Waals surface area (Å²) in [5.74, 6) is -0.489. The molecule has 0 aromatic heterocycles. The molecule has 0 rings (SSSR count). The second-order valence-corrected chi connectivity index (χ2v) is 32.0. The molecule has 0 aromatic carbocycles. The van der Waals surface area contributed by atoms with E-state index in [0.29, 0.717) is 25.7 Å². The van der Waals surface area contributed by atoms with Gasteiger partial charge in [-0.05, 0) is 37.5 Å². The first-order valence-corrected chi connectivity index (χ1v) is 43.5. The van der Waals surface area contributed by atoms with Gasteiger partial charge in [0.1, 0.15) is 19.3 Å². The van der Waals surface area contributed by atoms with Gasteiger partial charge in [0.05, 0.1) is 26.4 Å². The normalized spacial score (nSPS) is 14.0. The minimum Gasteiger partial charge on any atom is -0.462 e. The molecular weight excluding hydrogens is 1270 g/mol. The summed E-state index contributed by atoms with van der Waals surface area (Å²) in [5.41, 5.74) is 0. The van der Waals surface area contributed by atoms with Crippen molar-refractivity contribution in [3.8, 4) is 0 Å². The Morgan fingerprint density at radius 1 is 0.278 bits per heavy atom. The van der Waals surface area contributed by atoms with Gasteiger partial charge in [-0.15, -0.1) is 0 Å². The van der Waals surface area contributed by atoms with Crippen LogP contribution in [0.3, 0.4) is 0 Å². The molecule has 19 heteroatoms. The van der Waals surface area contributed by atoms with E-state index in [4.69, 9.17) is 37.0 Å². The Labute approximate surface area is 594 Å². The SMILES string of the molecule is CCCCCCCCCCCCC(=O)O[C@H](COC(=O)CCCCCCCCCC)COP(=O)(O)OC[C@H](O)COP(=O)(O)OC[C@@H](COC(=O)CCCCCCCCCCCCCCCCCC(C)C)OC(=O)CCCCCCCCCCCCCCCCCCCCC(C)C. The summed E-state index contributed by atoms with van der Waals surface area (Å²) in [6, 6.07) is 0. The summed E-state index contributed by atoms with van der Waals surface area (Å²) in [7, 11) is -9.91. The van der Waals surface area contributed by atoms with Crippen molar-refractivity contribution in [1.29, 1.82) is 0 Å². The number of hydrogen-bond donors (Lipinski definition) is 3. The van der Waals surface area contributed by atoms with Crippen molar-refractivity contribution in [2.75, 3.05) is 39.6 Å². The van der Waals surface area contributed by atoms with E-state index < -0.39 is 97.5 Å². The van der Waals surface area contributed by atoms with E-state index in [1.165, 1.54) is 218 Å². The lowest BCUT2D eigenvalue weighted by Gasteiger charge is -2.21. The third-order valence-electron chi connectivity index (χ3n) is 18.2. The number of rotatable bonds is 77. The lowest BCUT2D eigenvalue weighted by atomic mass is 10.0. The van der Waals surface area contributed by atoms with Gasteiger partial charge in [0, 0.05) is 25.7 Å². The third kappa shape index (κ3) is 72.2. The zero-order valence-corrected chi connectivity index (χ0v) is 65.2. The molecule has 0 saturated heterocycles. The standard InChI is InChI=1S/C78H152O17P2/c1-7-9-11-13-15-17-37-44-50-56-62-77(82)94-73(66-88-75(80)60-54-48-42-16-14-12-10-8-2)68-92-96(84,85)90-64-72(79)65-91-97(86,87)93-69-74(67-89-76(81)61-55-49-43-38-33-29-26-22-24-28-32-36-41-47-53-59-71(5)6)95-78(83)63-57-51-45-39-34-30-25-21-19-18-20-23-27-31-35-40-46-52-58-70(3)4/h70-74,79H,7-69H2,1-6H3,(H,84,85)(H,86,87)/t72-,73+,74+/m0/s1. The number of unbranched alkanes of at least 4 members (excludes halogenated alkanes) is 47. The molecule has 17 nitrogen and oxygen atoms in total. The first-order chi connectivity index (χ1) is 46.9. The van der Waals surface area contributed by atoms with Gasteiger partial charge in [0.15, 0.2) is 12.2 Å². The highest BCUT2D eigenvalue weighted by molar-refractivity contribution is 7.47. The fourth-order valence-corrected chi connectivity index (χ4v) is 13.6. The number of aliphatic hydroxyl groups excluding tert-OH is 1. The highest BCUT2D eigenvalue weighted by Gasteiger charge is 2.30. The van der Waals surface area contributed by atoms with Crippen LogP contribution >= 0.6 is 15.6 Å². The maximum atomic E-state index is 13.1. The number of hydrogen-bond acceptors (Lipinski definition) is 15. The minimum atomic E-state index is -4.96. The van der Waals surface area contributed by atoms with E-state index in [9.17, 15) is 43.2 Å². The summed E-state index contributed by atoms with van der Waals surface area (Å²) >= 11 is 0. The number of phosphoric ester groups is 2. The molecule has 97 heavy (non-hydrogen) atoms. The zero-order chi connectivity index (χ0) is 71.4. The molecule has 2 unspecified atom stereocenters. The Kier molecular flexibility index (Phi) is 68.4. The van der Waals surface area contributed by atoms with Crippen molar-refractivity contribution < 1.29 is 80.2 Å². The second-order valence-electron chi connectivity index (χ2n) is 29.1. The average molecular weight is 1420 g/mol. The number of aliphatic hydroxyl groups is 1. The molecule has 0 saturated carbocycles. The molecule has 0 fully saturated rings. The Balaban J connectivity index is 5.17. The lowest BCUT2D eigenvalue weighted by Crippen LogP contribution is -2.30. The molecule has 0 bridgehead atoms. The van der Waals surface area contributed by atoms with Crippen LogP contribution in [0.1, 0.15) is 408 Å². The maximum absolute atomic E-state index is 13.1. The Morgan fingerprint density at radius 2 is 0.474 bits per heavy atom. The number of ether oxygens (including phenoxy) is 4. The number of carbonyl (C=O) groups is 4. The van der Waals surface area contributed by atoms with E-state index in [0.717, 1.165) is 108 Å². The number of phosphoric acid groups is 2. The fraction of sp³-hybridized carbons (Fsp3) is 0.949. The van der Waals surface area contributed by atoms with Crippen molar-refractivity contribution in [3.05, 3.63) is 0 Å².